The van der Waals surface area contributed by atoms with Crippen LogP contribution in [0.2, 0.25) is 0 Å². The van der Waals surface area contributed by atoms with E-state index < -0.39 is 16.6 Å². The van der Waals surface area contributed by atoms with Crippen molar-refractivity contribution in [3.63, 3.8) is 0 Å². The van der Waals surface area contributed by atoms with Crippen LogP contribution < -0.4 is 5.32 Å². The largest absolute Gasteiger partial charge is 0.477 e. The van der Waals surface area contributed by atoms with Crippen molar-refractivity contribution in [2.75, 3.05) is 11.9 Å². The number of hydrogen-bond donors (Lipinski definition) is 2. The third-order valence-electron chi connectivity index (χ3n) is 1.98. The summed E-state index contributed by atoms with van der Waals surface area (Å²) >= 11 is 0. The summed E-state index contributed by atoms with van der Waals surface area (Å²) in [5, 5.41) is 22.3. The standard InChI is InChI=1S/C11H10N2O4/c1-2-3-6-12-8-4-5-9(11(14)15)10(7-8)13(16)17/h4-5,7,12H,6H2,1H3,(H,14,15). The smallest absolute Gasteiger partial charge is 0.342 e. The zero-order chi connectivity index (χ0) is 12.8. The molecule has 0 saturated heterocycles. The monoisotopic (exact) mass is 234 g/mol. The quantitative estimate of drug-likeness (QED) is 0.470. The number of nitrogens with zero attached hydrogens (tertiary/aromatic N) is 1. The van der Waals surface area contributed by atoms with Gasteiger partial charge in [-0.25, -0.2) is 4.79 Å². The van der Waals surface area contributed by atoms with Crippen LogP contribution in [0.5, 0.6) is 0 Å². The molecule has 0 unspecified atom stereocenters. The van der Waals surface area contributed by atoms with Gasteiger partial charge in [0.25, 0.3) is 5.69 Å². The first-order chi connectivity index (χ1) is 8.06. The predicted octanol–water partition coefficient (Wildman–Crippen LogP) is 1.73. The minimum atomic E-state index is -1.32. The van der Waals surface area contributed by atoms with Crippen LogP contribution in [0, 0.1) is 22.0 Å². The molecule has 1 rings (SSSR count). The Labute approximate surface area is 97.4 Å². The molecule has 0 atom stereocenters. The molecule has 0 aliphatic heterocycles. The van der Waals surface area contributed by atoms with E-state index in [0.29, 0.717) is 12.2 Å². The van der Waals surface area contributed by atoms with Gasteiger partial charge in [-0.3, -0.25) is 10.1 Å². The van der Waals surface area contributed by atoms with E-state index in [-0.39, 0.29) is 5.56 Å². The van der Waals surface area contributed by atoms with Gasteiger partial charge in [0, 0.05) is 11.8 Å². The van der Waals surface area contributed by atoms with E-state index in [1.807, 2.05) is 0 Å². The zero-order valence-corrected chi connectivity index (χ0v) is 9.06. The molecule has 0 aliphatic rings. The van der Waals surface area contributed by atoms with Crippen molar-refractivity contribution in [1.82, 2.24) is 0 Å². The van der Waals surface area contributed by atoms with Gasteiger partial charge in [-0.05, 0) is 19.1 Å². The van der Waals surface area contributed by atoms with Crippen molar-refractivity contribution in [1.29, 1.82) is 0 Å². The van der Waals surface area contributed by atoms with Gasteiger partial charge < -0.3 is 10.4 Å². The van der Waals surface area contributed by atoms with Crippen LogP contribution in [0.15, 0.2) is 18.2 Å². The van der Waals surface area contributed by atoms with E-state index in [9.17, 15) is 14.9 Å². The summed E-state index contributed by atoms with van der Waals surface area (Å²) in [7, 11) is 0. The average Bonchev–Trinajstić information content (AvgIpc) is 2.29. The number of anilines is 1. The normalized spacial score (nSPS) is 9.00. The molecule has 0 spiro atoms. The van der Waals surface area contributed by atoms with E-state index in [4.69, 9.17) is 5.11 Å². The lowest BCUT2D eigenvalue weighted by Gasteiger charge is -2.03. The first-order valence-corrected chi connectivity index (χ1v) is 4.71. The Bertz CT molecular complexity index is 514. The second kappa shape index (κ2) is 5.51. The van der Waals surface area contributed by atoms with Crippen molar-refractivity contribution in [3.05, 3.63) is 33.9 Å². The van der Waals surface area contributed by atoms with Crippen molar-refractivity contribution in [2.45, 2.75) is 6.92 Å². The number of carboxylic acid groups (broad SMARTS) is 1. The molecule has 2 N–H and O–H groups in total. The summed E-state index contributed by atoms with van der Waals surface area (Å²) in [6, 6.07) is 3.84. The lowest BCUT2D eigenvalue weighted by atomic mass is 10.1. The highest BCUT2D eigenvalue weighted by molar-refractivity contribution is 5.93. The van der Waals surface area contributed by atoms with Gasteiger partial charge in [0.05, 0.1) is 11.5 Å². The maximum atomic E-state index is 10.8. The van der Waals surface area contributed by atoms with Gasteiger partial charge in [-0.2, -0.15) is 0 Å². The number of rotatable bonds is 4. The van der Waals surface area contributed by atoms with E-state index >= 15 is 0 Å². The summed E-state index contributed by atoms with van der Waals surface area (Å²) < 4.78 is 0. The Balaban J connectivity index is 3.04. The Morgan fingerprint density at radius 3 is 2.82 bits per heavy atom. The Kier molecular flexibility index (Phi) is 4.06. The Morgan fingerprint density at radius 2 is 2.29 bits per heavy atom. The maximum absolute atomic E-state index is 10.8. The second-order valence-corrected chi connectivity index (χ2v) is 3.07. The Morgan fingerprint density at radius 1 is 1.59 bits per heavy atom. The molecule has 1 aromatic carbocycles. The molecule has 0 bridgehead atoms. The molecule has 6 nitrogen and oxygen atoms in total. The fourth-order valence-electron chi connectivity index (χ4n) is 1.21. The summed E-state index contributed by atoms with van der Waals surface area (Å²) in [5.74, 6) is 4.08. The van der Waals surface area contributed by atoms with Gasteiger partial charge in [-0.1, -0.05) is 5.92 Å². The minimum absolute atomic E-state index is 0.331. The number of carboxylic acids is 1. The highest BCUT2D eigenvalue weighted by Gasteiger charge is 2.19. The summed E-state index contributed by atoms with van der Waals surface area (Å²) in [6.45, 7) is 2.03. The van der Waals surface area contributed by atoms with Crippen molar-refractivity contribution in [3.8, 4) is 11.8 Å². The number of nitrogens with one attached hydrogen (secondary N) is 1. The highest BCUT2D eigenvalue weighted by Crippen LogP contribution is 2.23. The summed E-state index contributed by atoms with van der Waals surface area (Å²) in [4.78, 5) is 20.7. The maximum Gasteiger partial charge on any atom is 0.342 e. The first-order valence-electron chi connectivity index (χ1n) is 4.71. The van der Waals surface area contributed by atoms with Crippen LogP contribution in [-0.4, -0.2) is 22.5 Å². The molecular weight excluding hydrogens is 224 g/mol. The summed E-state index contributed by atoms with van der Waals surface area (Å²) in [6.07, 6.45) is 0. The third-order valence-corrected chi connectivity index (χ3v) is 1.98. The molecule has 6 heteroatoms. The van der Waals surface area contributed by atoms with Crippen LogP contribution in [0.3, 0.4) is 0 Å². The van der Waals surface area contributed by atoms with Gasteiger partial charge in [0.15, 0.2) is 0 Å². The van der Waals surface area contributed by atoms with E-state index in [2.05, 4.69) is 17.2 Å². The SMILES string of the molecule is CC#CCNc1ccc(C(=O)O)c([N+](=O)[O-])c1. The molecule has 17 heavy (non-hydrogen) atoms. The van der Waals surface area contributed by atoms with E-state index in [0.717, 1.165) is 0 Å². The Hall–Kier alpha value is -2.55. The second-order valence-electron chi connectivity index (χ2n) is 3.07. The van der Waals surface area contributed by atoms with Crippen LogP contribution in [0.25, 0.3) is 0 Å². The summed E-state index contributed by atoms with van der Waals surface area (Å²) in [5.41, 5.74) is -0.307. The van der Waals surface area contributed by atoms with Crippen LogP contribution in [-0.2, 0) is 0 Å². The zero-order valence-electron chi connectivity index (χ0n) is 9.06. The van der Waals surface area contributed by atoms with Gasteiger partial charge in [0.1, 0.15) is 5.56 Å². The van der Waals surface area contributed by atoms with Gasteiger partial charge >= 0.3 is 5.97 Å². The number of nitro benzene ring substituents is 1. The fourth-order valence-corrected chi connectivity index (χ4v) is 1.21. The minimum Gasteiger partial charge on any atom is -0.477 e. The molecule has 0 heterocycles. The number of nitro groups is 1. The molecule has 1 aromatic rings. The van der Waals surface area contributed by atoms with Crippen LogP contribution in [0.4, 0.5) is 11.4 Å². The molecule has 0 fully saturated rings. The fraction of sp³-hybridized carbons (Fsp3) is 0.182. The first kappa shape index (κ1) is 12.5. The topological polar surface area (TPSA) is 92.5 Å². The lowest BCUT2D eigenvalue weighted by molar-refractivity contribution is -0.385. The van der Waals surface area contributed by atoms with Crippen molar-refractivity contribution >= 4 is 17.3 Å². The molecular formula is C11H10N2O4. The van der Waals surface area contributed by atoms with Gasteiger partial charge in [0.2, 0.25) is 0 Å². The van der Waals surface area contributed by atoms with Crippen LogP contribution in [0.1, 0.15) is 17.3 Å². The van der Waals surface area contributed by atoms with Gasteiger partial charge in [-0.15, -0.1) is 5.92 Å². The number of benzene rings is 1. The van der Waals surface area contributed by atoms with Crippen molar-refractivity contribution in [2.24, 2.45) is 0 Å². The molecule has 88 valence electrons. The lowest BCUT2D eigenvalue weighted by Crippen LogP contribution is -2.05. The average molecular weight is 234 g/mol. The molecule has 0 aromatic heterocycles. The molecule has 0 radical (unpaired) electrons. The number of aromatic carboxylic acids is 1. The van der Waals surface area contributed by atoms with Crippen LogP contribution >= 0.6 is 0 Å². The highest BCUT2D eigenvalue weighted by atomic mass is 16.6. The number of carbonyl (C=O) groups is 1. The molecule has 0 aliphatic carbocycles. The molecule has 0 amide bonds. The number of hydrogen-bond acceptors (Lipinski definition) is 4. The molecule has 0 saturated carbocycles. The predicted molar refractivity (Wildman–Crippen MR) is 62.0 cm³/mol. The van der Waals surface area contributed by atoms with E-state index in [1.54, 1.807) is 6.92 Å². The van der Waals surface area contributed by atoms with Crippen molar-refractivity contribution < 1.29 is 14.8 Å². The van der Waals surface area contributed by atoms with E-state index in [1.165, 1.54) is 18.2 Å². The third kappa shape index (κ3) is 3.21.